The summed E-state index contributed by atoms with van der Waals surface area (Å²) in [6.07, 6.45) is 11.2. The van der Waals surface area contributed by atoms with E-state index in [1.807, 2.05) is 59.7 Å². The number of nitrogens with zero attached hydrogens (tertiary/aromatic N) is 8. The third-order valence-corrected chi connectivity index (χ3v) is 12.9. The van der Waals surface area contributed by atoms with Crippen molar-refractivity contribution in [3.63, 3.8) is 0 Å². The summed E-state index contributed by atoms with van der Waals surface area (Å²) in [5.41, 5.74) is 4.23. The van der Waals surface area contributed by atoms with Gasteiger partial charge in [-0.05, 0) is 92.8 Å². The second-order valence-electron chi connectivity index (χ2n) is 16.9. The van der Waals surface area contributed by atoms with Crippen LogP contribution in [0.15, 0.2) is 65.8 Å². The van der Waals surface area contributed by atoms with Crippen LogP contribution in [0.25, 0.3) is 33.1 Å². The average molecular weight is 865 g/mol. The van der Waals surface area contributed by atoms with Crippen LogP contribution in [0, 0.1) is 23.4 Å². The van der Waals surface area contributed by atoms with Crippen molar-refractivity contribution in [2.45, 2.75) is 63.5 Å². The quantitative estimate of drug-likeness (QED) is 0.117. The fraction of sp³-hybridized carbons (Fsp3) is 0.400. The standard InChI is InChI=1S/C45H47F3N10O5/c1-54-37-19-26(6-11-35(37)58(45(54)63)36-12-13-38(59)52-43(36)62)3-2-14-55-15-17-56(18-16-55)44-50-23-30(24-51-44)28-7-8-29-25-57(53-34(29)20-28)31-9-4-27(5-10-31)22-49-42(61)32-21-33(46)41(60)40(48)39(32)47/h6-8,11,19-21,23-25,27,31,36,60H,2-5,9-10,12-18,22H2,1H3,(H,49,61)(H,52,59,62)/t27-,31-,36?. The molecule has 3 amide bonds. The number of imide groups is 1. The number of piperidine rings is 1. The SMILES string of the molecule is Cn1c(=O)n(C2CCC(=O)NC2=O)c2ccc(CCCN3CCN(c4ncc(-c5ccc6cn([C@H]7CC[C@H](CNC(=O)c8cc(F)c(O)c(F)c8F)CC7)nc6c5)cn4)CC3)cc21. The van der Waals surface area contributed by atoms with Crippen LogP contribution in [0.3, 0.4) is 0 Å². The van der Waals surface area contributed by atoms with Gasteiger partial charge in [-0.25, -0.2) is 23.5 Å². The lowest BCUT2D eigenvalue weighted by atomic mass is 9.86. The molecule has 2 saturated heterocycles. The van der Waals surface area contributed by atoms with Crippen LogP contribution in [-0.4, -0.2) is 95.9 Å². The zero-order valence-corrected chi connectivity index (χ0v) is 34.7. The molecule has 328 valence electrons. The van der Waals surface area contributed by atoms with E-state index in [0.717, 1.165) is 104 Å². The van der Waals surface area contributed by atoms with Crippen LogP contribution in [0.5, 0.6) is 5.75 Å². The molecule has 3 aromatic carbocycles. The number of aromatic nitrogens is 6. The molecule has 1 saturated carbocycles. The van der Waals surface area contributed by atoms with Gasteiger partial charge in [0, 0.05) is 75.7 Å². The summed E-state index contributed by atoms with van der Waals surface area (Å²) in [6, 6.07) is 12.0. The van der Waals surface area contributed by atoms with Gasteiger partial charge in [0.1, 0.15) is 6.04 Å². The number of benzene rings is 3. The van der Waals surface area contributed by atoms with Gasteiger partial charge in [-0.1, -0.05) is 18.2 Å². The van der Waals surface area contributed by atoms with Gasteiger partial charge < -0.3 is 15.3 Å². The number of anilines is 1. The number of carbonyl (C=O) groups is 3. The van der Waals surface area contributed by atoms with E-state index in [1.54, 1.807) is 11.6 Å². The van der Waals surface area contributed by atoms with E-state index in [2.05, 4.69) is 20.4 Å². The molecule has 1 aliphatic carbocycles. The molecule has 63 heavy (non-hydrogen) atoms. The number of phenols is 1. The number of phenolic OH excluding ortho intramolecular Hbond substituents is 1. The highest BCUT2D eigenvalue weighted by Crippen LogP contribution is 2.34. The van der Waals surface area contributed by atoms with Crippen LogP contribution < -0.4 is 21.2 Å². The molecule has 3 N–H and O–H groups in total. The Bertz CT molecular complexity index is 2790. The number of carbonyl (C=O) groups excluding carboxylic acids is 3. The average Bonchev–Trinajstić information content (AvgIpc) is 3.83. The smallest absolute Gasteiger partial charge is 0.329 e. The van der Waals surface area contributed by atoms with Gasteiger partial charge in [0.15, 0.2) is 17.4 Å². The molecular formula is C45H47F3N10O5. The Hall–Kier alpha value is -6.56. The first-order valence-corrected chi connectivity index (χ1v) is 21.4. The van der Waals surface area contributed by atoms with E-state index in [-0.39, 0.29) is 36.5 Å². The van der Waals surface area contributed by atoms with Crippen molar-refractivity contribution in [2.75, 3.05) is 44.2 Å². The lowest BCUT2D eigenvalue weighted by Crippen LogP contribution is -2.47. The molecule has 1 unspecified atom stereocenters. The summed E-state index contributed by atoms with van der Waals surface area (Å²) in [6.45, 7) is 4.56. The summed E-state index contributed by atoms with van der Waals surface area (Å²) in [5, 5.41) is 20.1. The molecule has 0 radical (unpaired) electrons. The topological polar surface area (TPSA) is 173 Å². The Morgan fingerprint density at radius 2 is 1.65 bits per heavy atom. The third kappa shape index (κ3) is 8.38. The van der Waals surface area contributed by atoms with Crippen LogP contribution in [0.2, 0.25) is 0 Å². The van der Waals surface area contributed by atoms with Gasteiger partial charge in [-0.3, -0.25) is 38.4 Å². The minimum atomic E-state index is -1.79. The summed E-state index contributed by atoms with van der Waals surface area (Å²) in [7, 11) is 1.71. The normalized spacial score (nSPS) is 19.8. The molecule has 0 bridgehead atoms. The van der Waals surface area contributed by atoms with E-state index >= 15 is 0 Å². The number of imidazole rings is 1. The molecule has 5 heterocycles. The highest BCUT2D eigenvalue weighted by Gasteiger charge is 2.32. The maximum Gasteiger partial charge on any atom is 0.329 e. The first-order valence-electron chi connectivity index (χ1n) is 21.4. The van der Waals surface area contributed by atoms with Gasteiger partial charge in [0.2, 0.25) is 23.6 Å². The number of hydrogen-bond donors (Lipinski definition) is 3. The summed E-state index contributed by atoms with van der Waals surface area (Å²) in [5.74, 6) is -7.10. The highest BCUT2D eigenvalue weighted by molar-refractivity contribution is 6.00. The first-order chi connectivity index (χ1) is 30.4. The minimum absolute atomic E-state index is 0.110. The predicted octanol–water partition coefficient (Wildman–Crippen LogP) is 5.16. The summed E-state index contributed by atoms with van der Waals surface area (Å²) in [4.78, 5) is 63.9. The minimum Gasteiger partial charge on any atom is -0.503 e. The van der Waals surface area contributed by atoms with Crippen LogP contribution in [0.4, 0.5) is 19.1 Å². The molecule has 1 atom stereocenters. The number of aromatic hydroxyl groups is 1. The highest BCUT2D eigenvalue weighted by atomic mass is 19.2. The molecular weight excluding hydrogens is 818 g/mol. The van der Waals surface area contributed by atoms with Crippen molar-refractivity contribution in [3.05, 3.63) is 100 Å². The molecule has 6 aromatic rings. The van der Waals surface area contributed by atoms with E-state index < -0.39 is 46.6 Å². The van der Waals surface area contributed by atoms with E-state index in [9.17, 15) is 37.5 Å². The van der Waals surface area contributed by atoms with Crippen LogP contribution >= 0.6 is 0 Å². The summed E-state index contributed by atoms with van der Waals surface area (Å²) >= 11 is 0. The first kappa shape index (κ1) is 41.8. The van der Waals surface area contributed by atoms with Crippen molar-refractivity contribution >= 4 is 45.6 Å². The summed E-state index contributed by atoms with van der Waals surface area (Å²) < 4.78 is 46.7. The Morgan fingerprint density at radius 1 is 0.889 bits per heavy atom. The van der Waals surface area contributed by atoms with Crippen molar-refractivity contribution in [2.24, 2.45) is 13.0 Å². The zero-order chi connectivity index (χ0) is 43.9. The van der Waals surface area contributed by atoms with Gasteiger partial charge >= 0.3 is 5.69 Å². The fourth-order valence-corrected chi connectivity index (χ4v) is 9.20. The number of fused-ring (bicyclic) bond motifs is 2. The molecule has 3 aliphatic rings. The Kier molecular flexibility index (Phi) is 11.5. The molecule has 15 nitrogen and oxygen atoms in total. The maximum absolute atomic E-state index is 14.2. The fourth-order valence-electron chi connectivity index (χ4n) is 9.20. The molecule has 2 aliphatic heterocycles. The van der Waals surface area contributed by atoms with Gasteiger partial charge in [-0.2, -0.15) is 9.49 Å². The lowest BCUT2D eigenvalue weighted by molar-refractivity contribution is -0.135. The van der Waals surface area contributed by atoms with E-state index in [4.69, 9.17) is 15.1 Å². The van der Waals surface area contributed by atoms with Crippen LogP contribution in [0.1, 0.15) is 73.0 Å². The Balaban J connectivity index is 0.737. The van der Waals surface area contributed by atoms with Gasteiger partial charge in [-0.15, -0.1) is 0 Å². The van der Waals surface area contributed by atoms with Crippen molar-refractivity contribution < 1.29 is 32.7 Å². The van der Waals surface area contributed by atoms with Crippen molar-refractivity contribution in [3.8, 4) is 16.9 Å². The number of aryl methyl sites for hydroxylation is 2. The van der Waals surface area contributed by atoms with Crippen molar-refractivity contribution in [1.82, 2.24) is 44.4 Å². The predicted molar refractivity (Wildman–Crippen MR) is 228 cm³/mol. The molecule has 3 aromatic heterocycles. The van der Waals surface area contributed by atoms with E-state index in [0.29, 0.717) is 24.0 Å². The molecule has 9 rings (SSSR count). The second kappa shape index (κ2) is 17.3. The zero-order valence-electron chi connectivity index (χ0n) is 34.7. The Labute approximate surface area is 359 Å². The molecule has 3 fully saturated rings. The van der Waals surface area contributed by atoms with E-state index in [1.165, 1.54) is 4.57 Å². The maximum atomic E-state index is 14.2. The monoisotopic (exact) mass is 864 g/mol. The number of halogens is 3. The lowest BCUT2D eigenvalue weighted by Gasteiger charge is -2.34. The second-order valence-corrected chi connectivity index (χ2v) is 16.9. The number of amides is 3. The molecule has 18 heteroatoms. The van der Waals surface area contributed by atoms with Gasteiger partial charge in [0.05, 0.1) is 28.2 Å². The number of piperazine rings is 1. The van der Waals surface area contributed by atoms with Gasteiger partial charge in [0.25, 0.3) is 5.91 Å². The number of rotatable bonds is 11. The van der Waals surface area contributed by atoms with Crippen LogP contribution in [-0.2, 0) is 23.1 Å². The molecule has 0 spiro atoms. The third-order valence-electron chi connectivity index (χ3n) is 12.9. The number of nitrogens with one attached hydrogen (secondary N) is 2. The largest absolute Gasteiger partial charge is 0.503 e. The Morgan fingerprint density at radius 3 is 2.40 bits per heavy atom. The number of hydrogen-bond acceptors (Lipinski definition) is 10. The van der Waals surface area contributed by atoms with Crippen molar-refractivity contribution in [1.29, 1.82) is 0 Å².